The number of piperazine rings is 1. The first kappa shape index (κ1) is 20.3. The fraction of sp³-hybridized carbons (Fsp3) is 0.478. The van der Waals surface area contributed by atoms with Crippen molar-refractivity contribution in [3.05, 3.63) is 53.0 Å². The van der Waals surface area contributed by atoms with E-state index in [1.165, 1.54) is 5.56 Å². The van der Waals surface area contributed by atoms with Gasteiger partial charge in [0.2, 0.25) is 11.8 Å². The van der Waals surface area contributed by atoms with Gasteiger partial charge in [0.05, 0.1) is 5.92 Å². The van der Waals surface area contributed by atoms with Gasteiger partial charge in [0, 0.05) is 57.4 Å². The van der Waals surface area contributed by atoms with E-state index >= 15 is 0 Å². The summed E-state index contributed by atoms with van der Waals surface area (Å²) >= 11 is 0. The number of likely N-dealkylation sites (tertiary alicyclic amines) is 1. The monoisotopic (exact) mass is 407 g/mol. The lowest BCUT2D eigenvalue weighted by molar-refractivity contribution is -0.136. The highest BCUT2D eigenvalue weighted by atomic mass is 16.2. The van der Waals surface area contributed by atoms with Gasteiger partial charge in [-0.05, 0) is 26.3 Å². The van der Waals surface area contributed by atoms with Crippen molar-refractivity contribution in [1.82, 2.24) is 19.8 Å². The molecule has 1 aromatic carbocycles. The van der Waals surface area contributed by atoms with Crippen LogP contribution in [0.3, 0.4) is 0 Å². The number of anilines is 1. The van der Waals surface area contributed by atoms with Gasteiger partial charge in [0.15, 0.2) is 0 Å². The summed E-state index contributed by atoms with van der Waals surface area (Å²) in [5.41, 5.74) is 3.26. The topological polar surface area (TPSA) is 69.6 Å². The summed E-state index contributed by atoms with van der Waals surface area (Å²) in [4.78, 5) is 40.3. The lowest BCUT2D eigenvalue weighted by Gasteiger charge is -2.36. The molecule has 0 spiro atoms. The predicted molar refractivity (Wildman–Crippen MR) is 115 cm³/mol. The molecule has 1 unspecified atom stereocenters. The molecule has 0 saturated carbocycles. The van der Waals surface area contributed by atoms with Crippen LogP contribution in [0.5, 0.6) is 0 Å². The second-order valence-corrected chi connectivity index (χ2v) is 8.39. The molecule has 3 heterocycles. The molecule has 2 saturated heterocycles. The molecule has 4 rings (SSSR count). The minimum absolute atomic E-state index is 0.0690. The minimum Gasteiger partial charge on any atom is -0.353 e. The highest BCUT2D eigenvalue weighted by Crippen LogP contribution is 2.24. The molecular formula is C23H29N5O2. The molecule has 2 aliphatic rings. The smallest absolute Gasteiger partial charge is 0.228 e. The molecule has 2 aromatic rings. The first-order valence-electron chi connectivity index (χ1n) is 10.6. The Bertz CT molecular complexity index is 915. The Morgan fingerprint density at radius 2 is 1.73 bits per heavy atom. The van der Waals surface area contributed by atoms with E-state index in [2.05, 4.69) is 27.0 Å². The van der Waals surface area contributed by atoms with Crippen LogP contribution in [0.1, 0.15) is 29.1 Å². The average Bonchev–Trinajstić information content (AvgIpc) is 3.09. The van der Waals surface area contributed by atoms with E-state index in [1.807, 2.05) is 48.8 Å². The largest absolute Gasteiger partial charge is 0.353 e. The molecule has 7 nitrogen and oxygen atoms in total. The van der Waals surface area contributed by atoms with E-state index in [0.717, 1.165) is 36.0 Å². The Morgan fingerprint density at radius 1 is 1.03 bits per heavy atom. The van der Waals surface area contributed by atoms with E-state index in [0.29, 0.717) is 32.6 Å². The minimum atomic E-state index is -0.238. The molecule has 30 heavy (non-hydrogen) atoms. The van der Waals surface area contributed by atoms with Gasteiger partial charge in [-0.25, -0.2) is 9.97 Å². The van der Waals surface area contributed by atoms with Gasteiger partial charge in [-0.3, -0.25) is 9.59 Å². The maximum absolute atomic E-state index is 13.0. The van der Waals surface area contributed by atoms with Crippen molar-refractivity contribution in [1.29, 1.82) is 0 Å². The van der Waals surface area contributed by atoms with Gasteiger partial charge in [-0.15, -0.1) is 0 Å². The van der Waals surface area contributed by atoms with Crippen LogP contribution in [0, 0.1) is 26.7 Å². The highest BCUT2D eigenvalue weighted by molar-refractivity contribution is 5.89. The number of carbonyl (C=O) groups excluding carboxylic acids is 2. The standard InChI is InChI=1S/C23H29N5O2/c1-16-4-6-19(7-5-16)14-28-15-20(13-22(28)29)23(30)27-10-8-26(9-11-27)21-12-17(2)24-18(3)25-21/h4-7,12,20H,8-11,13-15H2,1-3H3. The van der Waals surface area contributed by atoms with E-state index in [9.17, 15) is 9.59 Å². The molecule has 0 radical (unpaired) electrons. The molecule has 0 bridgehead atoms. The number of amides is 2. The maximum Gasteiger partial charge on any atom is 0.228 e. The fourth-order valence-electron chi connectivity index (χ4n) is 4.28. The van der Waals surface area contributed by atoms with Crippen molar-refractivity contribution in [2.45, 2.75) is 33.7 Å². The second-order valence-electron chi connectivity index (χ2n) is 8.39. The fourth-order valence-corrected chi connectivity index (χ4v) is 4.28. The number of benzene rings is 1. The molecule has 1 atom stereocenters. The molecule has 2 amide bonds. The zero-order chi connectivity index (χ0) is 21.3. The number of rotatable bonds is 4. The Hall–Kier alpha value is -2.96. The number of carbonyl (C=O) groups is 2. The summed E-state index contributed by atoms with van der Waals surface area (Å²) in [6.45, 7) is 9.80. The summed E-state index contributed by atoms with van der Waals surface area (Å²) in [6.07, 6.45) is 0.315. The van der Waals surface area contributed by atoms with Crippen LogP contribution in [0.4, 0.5) is 5.82 Å². The van der Waals surface area contributed by atoms with Crippen LogP contribution in [-0.2, 0) is 16.1 Å². The molecule has 2 aliphatic heterocycles. The number of aryl methyl sites for hydroxylation is 3. The van der Waals surface area contributed by atoms with Gasteiger partial charge >= 0.3 is 0 Å². The third-order valence-electron chi connectivity index (χ3n) is 5.93. The first-order chi connectivity index (χ1) is 14.4. The van der Waals surface area contributed by atoms with E-state index < -0.39 is 0 Å². The van der Waals surface area contributed by atoms with Gasteiger partial charge in [-0.2, -0.15) is 0 Å². The van der Waals surface area contributed by atoms with Crippen molar-refractivity contribution in [2.75, 3.05) is 37.6 Å². The van der Waals surface area contributed by atoms with Gasteiger partial charge in [0.1, 0.15) is 11.6 Å². The van der Waals surface area contributed by atoms with Crippen LogP contribution in [-0.4, -0.2) is 64.3 Å². The average molecular weight is 408 g/mol. The van der Waals surface area contributed by atoms with E-state index in [-0.39, 0.29) is 17.7 Å². The lowest BCUT2D eigenvalue weighted by Crippen LogP contribution is -2.51. The zero-order valence-electron chi connectivity index (χ0n) is 18.0. The Balaban J connectivity index is 1.33. The van der Waals surface area contributed by atoms with Crippen LogP contribution < -0.4 is 4.90 Å². The zero-order valence-corrected chi connectivity index (χ0v) is 18.0. The maximum atomic E-state index is 13.0. The van der Waals surface area contributed by atoms with E-state index in [4.69, 9.17) is 0 Å². The third kappa shape index (κ3) is 4.45. The van der Waals surface area contributed by atoms with Crippen molar-refractivity contribution in [3.8, 4) is 0 Å². The number of hydrogen-bond donors (Lipinski definition) is 0. The lowest BCUT2D eigenvalue weighted by atomic mass is 10.1. The number of nitrogens with zero attached hydrogens (tertiary/aromatic N) is 5. The molecule has 1 aromatic heterocycles. The van der Waals surface area contributed by atoms with Crippen molar-refractivity contribution in [2.24, 2.45) is 5.92 Å². The molecule has 2 fully saturated rings. The van der Waals surface area contributed by atoms with Crippen LogP contribution in [0.15, 0.2) is 30.3 Å². The Labute approximate surface area is 177 Å². The van der Waals surface area contributed by atoms with E-state index in [1.54, 1.807) is 0 Å². The molecular weight excluding hydrogens is 378 g/mol. The van der Waals surface area contributed by atoms with Crippen molar-refractivity contribution in [3.63, 3.8) is 0 Å². The summed E-state index contributed by atoms with van der Waals surface area (Å²) in [5.74, 6) is 1.62. The van der Waals surface area contributed by atoms with Crippen molar-refractivity contribution >= 4 is 17.6 Å². The summed E-state index contributed by atoms with van der Waals surface area (Å²) in [6, 6.07) is 10.2. The van der Waals surface area contributed by atoms with Crippen molar-refractivity contribution < 1.29 is 9.59 Å². The predicted octanol–water partition coefficient (Wildman–Crippen LogP) is 2.10. The highest BCUT2D eigenvalue weighted by Gasteiger charge is 2.37. The molecule has 0 aliphatic carbocycles. The molecule has 158 valence electrons. The van der Waals surface area contributed by atoms with Gasteiger partial charge < -0.3 is 14.7 Å². The van der Waals surface area contributed by atoms with Crippen LogP contribution in [0.25, 0.3) is 0 Å². The second kappa shape index (κ2) is 8.42. The van der Waals surface area contributed by atoms with Gasteiger partial charge in [0.25, 0.3) is 0 Å². The Kier molecular flexibility index (Phi) is 5.70. The summed E-state index contributed by atoms with van der Waals surface area (Å²) < 4.78 is 0. The summed E-state index contributed by atoms with van der Waals surface area (Å²) in [7, 11) is 0. The van der Waals surface area contributed by atoms with Gasteiger partial charge in [-0.1, -0.05) is 29.8 Å². The third-order valence-corrected chi connectivity index (χ3v) is 5.93. The molecule has 0 N–H and O–H groups in total. The Morgan fingerprint density at radius 3 is 2.40 bits per heavy atom. The van der Waals surface area contributed by atoms with Crippen LogP contribution >= 0.6 is 0 Å². The first-order valence-corrected chi connectivity index (χ1v) is 10.6. The summed E-state index contributed by atoms with van der Waals surface area (Å²) in [5, 5.41) is 0. The van der Waals surface area contributed by atoms with Crippen LogP contribution in [0.2, 0.25) is 0 Å². The normalized spacial score (nSPS) is 19.5. The molecule has 7 heteroatoms. The number of hydrogen-bond acceptors (Lipinski definition) is 5. The number of aromatic nitrogens is 2. The SMILES string of the molecule is Cc1ccc(CN2CC(C(=O)N3CCN(c4cc(C)nc(C)n4)CC3)CC2=O)cc1. The quantitative estimate of drug-likeness (QED) is 0.776.